The van der Waals surface area contributed by atoms with Gasteiger partial charge in [-0.1, -0.05) is 6.07 Å². The van der Waals surface area contributed by atoms with Crippen molar-refractivity contribution < 1.29 is 9.59 Å². The summed E-state index contributed by atoms with van der Waals surface area (Å²) in [5, 5.41) is 0. The van der Waals surface area contributed by atoms with Crippen molar-refractivity contribution in [2.75, 3.05) is 0 Å². The number of benzene rings is 1. The number of nitrogens with one attached hydrogen (secondary N) is 2. The summed E-state index contributed by atoms with van der Waals surface area (Å²) in [6.45, 7) is 0. The van der Waals surface area contributed by atoms with Gasteiger partial charge in [-0.05, 0) is 79.8 Å². The summed E-state index contributed by atoms with van der Waals surface area (Å²) >= 11 is 1.53. The van der Waals surface area contributed by atoms with E-state index in [-0.39, 0.29) is 11.8 Å². The van der Waals surface area contributed by atoms with Crippen molar-refractivity contribution in [2.45, 2.75) is 44.9 Å². The minimum Gasteiger partial charge on any atom is -0.267 e. The number of hydrogen-bond donors (Lipinski definition) is 2. The Morgan fingerprint density at radius 1 is 0.792 bits per heavy atom. The molecule has 4 nitrogen and oxygen atoms in total. The van der Waals surface area contributed by atoms with Gasteiger partial charge in [-0.15, -0.1) is 11.3 Å². The molecule has 2 N–H and O–H groups in total. The van der Waals surface area contributed by atoms with Crippen molar-refractivity contribution >= 4 is 23.2 Å². The van der Waals surface area contributed by atoms with E-state index in [0.717, 1.165) is 25.7 Å². The summed E-state index contributed by atoms with van der Waals surface area (Å²) < 4.78 is 0. The van der Waals surface area contributed by atoms with E-state index in [1.54, 1.807) is 0 Å². The van der Waals surface area contributed by atoms with Gasteiger partial charge in [-0.3, -0.25) is 20.4 Å². The highest BCUT2D eigenvalue weighted by molar-refractivity contribution is 7.14. The van der Waals surface area contributed by atoms with Crippen molar-refractivity contribution in [3.63, 3.8) is 0 Å². The van der Waals surface area contributed by atoms with Crippen LogP contribution in [-0.4, -0.2) is 11.8 Å². The van der Waals surface area contributed by atoms with Crippen molar-refractivity contribution in [2.24, 2.45) is 0 Å². The summed E-state index contributed by atoms with van der Waals surface area (Å²) in [6.07, 6.45) is 7.82. The molecule has 2 aromatic rings. The number of rotatable bonds is 2. The number of carbonyl (C=O) groups is 2. The second kappa shape index (κ2) is 6.40. The van der Waals surface area contributed by atoms with Gasteiger partial charge in [0.2, 0.25) is 0 Å². The largest absolute Gasteiger partial charge is 0.279 e. The molecule has 0 spiro atoms. The predicted molar refractivity (Wildman–Crippen MR) is 94.4 cm³/mol. The summed E-state index contributed by atoms with van der Waals surface area (Å²) in [7, 11) is 0. The normalized spacial score (nSPS) is 15.5. The van der Waals surface area contributed by atoms with Crippen LogP contribution in [-0.2, 0) is 25.7 Å². The maximum absolute atomic E-state index is 12.3. The van der Waals surface area contributed by atoms with E-state index in [4.69, 9.17) is 0 Å². The second-order valence-corrected chi connectivity index (χ2v) is 7.65. The summed E-state index contributed by atoms with van der Waals surface area (Å²) in [6, 6.07) is 7.78. The molecule has 0 radical (unpaired) electrons. The standard InChI is InChI=1S/C19H20N2O2S/c22-18(15-9-8-12-4-1-2-5-13(12)10-15)20-21-19(23)17-11-14-6-3-7-16(14)24-17/h8-11H,1-7H2,(H,20,22)(H,21,23). The third-order valence-electron chi connectivity index (χ3n) is 4.87. The second-order valence-electron chi connectivity index (χ2n) is 6.51. The van der Waals surface area contributed by atoms with Gasteiger partial charge < -0.3 is 0 Å². The lowest BCUT2D eigenvalue weighted by atomic mass is 9.90. The maximum atomic E-state index is 12.3. The molecule has 124 valence electrons. The lowest BCUT2D eigenvalue weighted by Crippen LogP contribution is -2.41. The quantitative estimate of drug-likeness (QED) is 0.825. The Bertz CT molecular complexity index is 788. The molecule has 2 aliphatic rings. The number of aryl methyl sites for hydroxylation is 4. The maximum Gasteiger partial charge on any atom is 0.279 e. The van der Waals surface area contributed by atoms with Gasteiger partial charge in [0.15, 0.2) is 0 Å². The van der Waals surface area contributed by atoms with Crippen LogP contribution in [0.25, 0.3) is 0 Å². The highest BCUT2D eigenvalue weighted by Crippen LogP contribution is 2.30. The van der Waals surface area contributed by atoms with E-state index >= 15 is 0 Å². The Morgan fingerprint density at radius 3 is 2.38 bits per heavy atom. The molecule has 2 aliphatic carbocycles. The number of hydrogen-bond acceptors (Lipinski definition) is 3. The van der Waals surface area contributed by atoms with E-state index in [0.29, 0.717) is 10.4 Å². The van der Waals surface area contributed by atoms with Crippen molar-refractivity contribution in [1.29, 1.82) is 0 Å². The number of thiophene rings is 1. The number of fused-ring (bicyclic) bond motifs is 2. The molecule has 1 aromatic heterocycles. The van der Waals surface area contributed by atoms with Crippen molar-refractivity contribution in [1.82, 2.24) is 10.9 Å². The van der Waals surface area contributed by atoms with Crippen molar-refractivity contribution in [3.05, 3.63) is 56.3 Å². The zero-order valence-electron chi connectivity index (χ0n) is 13.5. The van der Waals surface area contributed by atoms with Crippen LogP contribution in [0.3, 0.4) is 0 Å². The first-order valence-electron chi connectivity index (χ1n) is 8.55. The van der Waals surface area contributed by atoms with Gasteiger partial charge in [0, 0.05) is 10.4 Å². The Labute approximate surface area is 145 Å². The highest BCUT2D eigenvalue weighted by atomic mass is 32.1. The van der Waals surface area contributed by atoms with Crippen LogP contribution >= 0.6 is 11.3 Å². The molecule has 0 atom stereocenters. The zero-order chi connectivity index (χ0) is 16.5. The molecule has 2 amide bonds. The molecular formula is C19H20N2O2S. The van der Waals surface area contributed by atoms with Gasteiger partial charge in [0.05, 0.1) is 4.88 Å². The molecule has 0 fully saturated rings. The van der Waals surface area contributed by atoms with E-state index < -0.39 is 0 Å². The smallest absolute Gasteiger partial charge is 0.267 e. The average Bonchev–Trinajstić information content (AvgIpc) is 3.21. The predicted octanol–water partition coefficient (Wildman–Crippen LogP) is 3.19. The number of amides is 2. The van der Waals surface area contributed by atoms with Gasteiger partial charge in [0.25, 0.3) is 11.8 Å². The Hall–Kier alpha value is -2.14. The highest BCUT2D eigenvalue weighted by Gasteiger charge is 2.19. The van der Waals surface area contributed by atoms with Crippen LogP contribution in [0.15, 0.2) is 24.3 Å². The van der Waals surface area contributed by atoms with Crippen LogP contribution in [0.5, 0.6) is 0 Å². The SMILES string of the molecule is O=C(NNC(=O)c1cc2c(s1)CCC2)c1ccc2c(c1)CCCC2. The fourth-order valence-corrected chi connectivity index (χ4v) is 4.71. The third kappa shape index (κ3) is 2.96. The van der Waals surface area contributed by atoms with Crippen LogP contribution in [0.1, 0.15) is 60.9 Å². The summed E-state index contributed by atoms with van der Waals surface area (Å²) in [4.78, 5) is 26.5. The monoisotopic (exact) mass is 340 g/mol. The fourth-order valence-electron chi connectivity index (χ4n) is 3.56. The Kier molecular flexibility index (Phi) is 4.10. The average molecular weight is 340 g/mol. The lowest BCUT2D eigenvalue weighted by Gasteiger charge is -2.16. The minimum absolute atomic E-state index is 0.235. The van der Waals surface area contributed by atoms with Crippen LogP contribution < -0.4 is 10.9 Å². The van der Waals surface area contributed by atoms with Crippen LogP contribution in [0, 0.1) is 0 Å². The minimum atomic E-state index is -0.263. The summed E-state index contributed by atoms with van der Waals surface area (Å²) in [5.74, 6) is -0.499. The number of carbonyl (C=O) groups excluding carboxylic acids is 2. The van der Waals surface area contributed by atoms with Crippen LogP contribution in [0.2, 0.25) is 0 Å². The molecule has 1 aromatic carbocycles. The molecule has 1 heterocycles. The van der Waals surface area contributed by atoms with E-state index in [2.05, 4.69) is 10.9 Å². The van der Waals surface area contributed by atoms with Gasteiger partial charge in [-0.25, -0.2) is 0 Å². The van der Waals surface area contributed by atoms with E-state index in [9.17, 15) is 9.59 Å². The first-order valence-corrected chi connectivity index (χ1v) is 9.36. The van der Waals surface area contributed by atoms with Crippen LogP contribution in [0.4, 0.5) is 0 Å². The molecule has 5 heteroatoms. The third-order valence-corrected chi connectivity index (χ3v) is 6.11. The molecule has 0 saturated heterocycles. The fraction of sp³-hybridized carbons (Fsp3) is 0.368. The van der Waals surface area contributed by atoms with Gasteiger partial charge in [0.1, 0.15) is 0 Å². The molecular weight excluding hydrogens is 320 g/mol. The topological polar surface area (TPSA) is 58.2 Å². The van der Waals surface area contributed by atoms with Crippen molar-refractivity contribution in [3.8, 4) is 0 Å². The Balaban J connectivity index is 1.40. The molecule has 24 heavy (non-hydrogen) atoms. The summed E-state index contributed by atoms with van der Waals surface area (Å²) in [5.41, 5.74) is 9.56. The Morgan fingerprint density at radius 2 is 1.54 bits per heavy atom. The van der Waals surface area contributed by atoms with Gasteiger partial charge >= 0.3 is 0 Å². The molecule has 4 rings (SSSR count). The van der Waals surface area contributed by atoms with E-state index in [1.807, 2.05) is 24.3 Å². The van der Waals surface area contributed by atoms with E-state index in [1.165, 1.54) is 52.2 Å². The first-order chi connectivity index (χ1) is 11.7. The molecule has 0 bridgehead atoms. The molecule has 0 unspecified atom stereocenters. The molecule has 0 aliphatic heterocycles. The van der Waals surface area contributed by atoms with Gasteiger partial charge in [-0.2, -0.15) is 0 Å². The lowest BCUT2D eigenvalue weighted by molar-refractivity contribution is 0.0849. The zero-order valence-corrected chi connectivity index (χ0v) is 14.3. The number of hydrazine groups is 1. The molecule has 0 saturated carbocycles. The first kappa shape index (κ1) is 15.4.